The minimum absolute atomic E-state index is 0.117. The summed E-state index contributed by atoms with van der Waals surface area (Å²) in [7, 11) is 0. The Morgan fingerprint density at radius 3 is 2.79 bits per heavy atom. The fourth-order valence-corrected chi connectivity index (χ4v) is 3.69. The van der Waals surface area contributed by atoms with Gasteiger partial charge in [0, 0.05) is 25.9 Å². The Balaban J connectivity index is 1.30. The maximum absolute atomic E-state index is 12.5. The smallest absolute Gasteiger partial charge is 0.227 e. The molecule has 4 rings (SSSR count). The van der Waals surface area contributed by atoms with Gasteiger partial charge in [-0.2, -0.15) is 0 Å². The number of nitrogens with zero attached hydrogens (tertiary/aromatic N) is 3. The summed E-state index contributed by atoms with van der Waals surface area (Å²) in [5.74, 6) is 1.82. The summed E-state index contributed by atoms with van der Waals surface area (Å²) in [6.45, 7) is 3.27. The van der Waals surface area contributed by atoms with Gasteiger partial charge < -0.3 is 14.1 Å². The van der Waals surface area contributed by atoms with Crippen molar-refractivity contribution < 1.29 is 13.9 Å². The third kappa shape index (κ3) is 3.19. The first kappa shape index (κ1) is 15.3. The van der Waals surface area contributed by atoms with E-state index in [1.54, 1.807) is 6.92 Å². The zero-order valence-electron chi connectivity index (χ0n) is 13.7. The second kappa shape index (κ2) is 6.36. The Hall–Kier alpha value is -2.21. The van der Waals surface area contributed by atoms with Crippen LogP contribution in [0.5, 0.6) is 0 Å². The maximum Gasteiger partial charge on any atom is 0.227 e. The molecule has 1 aromatic heterocycles. The lowest BCUT2D eigenvalue weighted by molar-refractivity contribution is -0.130. The van der Waals surface area contributed by atoms with E-state index in [4.69, 9.17) is 9.15 Å². The van der Waals surface area contributed by atoms with Gasteiger partial charge in [-0.25, -0.2) is 0 Å². The second-order valence-corrected chi connectivity index (χ2v) is 6.67. The standard InChI is InChI=1S/C18H21N3O3/c1-12-19-20-17(23-12)9-15-8-14-10-21(11-16(14)24-15)18(22)7-13-5-3-2-4-6-13/h2-6,14-16H,7-11H2,1H3/t14-,15+,16+/m1/s1. The molecule has 0 unspecified atom stereocenters. The molecule has 1 amide bonds. The van der Waals surface area contributed by atoms with Crippen LogP contribution in [0.1, 0.15) is 23.8 Å². The molecule has 2 saturated heterocycles. The molecule has 1 aromatic carbocycles. The van der Waals surface area contributed by atoms with E-state index in [9.17, 15) is 4.79 Å². The predicted molar refractivity (Wildman–Crippen MR) is 86.2 cm³/mol. The largest absolute Gasteiger partial charge is 0.426 e. The molecule has 126 valence electrons. The summed E-state index contributed by atoms with van der Waals surface area (Å²) in [6, 6.07) is 9.89. The van der Waals surface area contributed by atoms with Gasteiger partial charge in [0.2, 0.25) is 17.7 Å². The molecule has 24 heavy (non-hydrogen) atoms. The second-order valence-electron chi connectivity index (χ2n) is 6.67. The molecule has 2 aromatic rings. The molecule has 0 saturated carbocycles. The van der Waals surface area contributed by atoms with E-state index in [0.717, 1.165) is 18.5 Å². The van der Waals surface area contributed by atoms with Crippen LogP contribution >= 0.6 is 0 Å². The van der Waals surface area contributed by atoms with E-state index in [1.807, 2.05) is 35.2 Å². The van der Waals surface area contributed by atoms with Crippen LogP contribution in [0.3, 0.4) is 0 Å². The number of hydrogen-bond acceptors (Lipinski definition) is 5. The molecule has 2 aliphatic rings. The highest BCUT2D eigenvalue weighted by molar-refractivity contribution is 5.79. The van der Waals surface area contributed by atoms with Gasteiger partial charge in [0.05, 0.1) is 25.0 Å². The van der Waals surface area contributed by atoms with Gasteiger partial charge in [-0.1, -0.05) is 30.3 Å². The molecule has 6 heteroatoms. The van der Waals surface area contributed by atoms with E-state index in [2.05, 4.69) is 10.2 Å². The van der Waals surface area contributed by atoms with Crippen molar-refractivity contribution in [3.63, 3.8) is 0 Å². The molecule has 0 N–H and O–H groups in total. The number of aryl methyl sites for hydroxylation is 1. The van der Waals surface area contributed by atoms with Crippen LogP contribution in [0, 0.1) is 12.8 Å². The first-order valence-electron chi connectivity index (χ1n) is 8.43. The van der Waals surface area contributed by atoms with Crippen LogP contribution in [-0.4, -0.2) is 46.3 Å². The monoisotopic (exact) mass is 327 g/mol. The number of aromatic nitrogens is 2. The number of likely N-dealkylation sites (tertiary alicyclic amines) is 1. The molecule has 2 fully saturated rings. The summed E-state index contributed by atoms with van der Waals surface area (Å²) in [5, 5.41) is 7.88. The average Bonchev–Trinajstić information content (AvgIpc) is 3.23. The van der Waals surface area contributed by atoms with Crippen molar-refractivity contribution in [3.05, 3.63) is 47.7 Å². The number of carbonyl (C=O) groups excluding carboxylic acids is 1. The molecule has 6 nitrogen and oxygen atoms in total. The molecule has 0 bridgehead atoms. The Bertz CT molecular complexity index is 701. The van der Waals surface area contributed by atoms with Crippen LogP contribution in [0.15, 0.2) is 34.7 Å². The van der Waals surface area contributed by atoms with Gasteiger partial charge >= 0.3 is 0 Å². The van der Waals surface area contributed by atoms with Crippen molar-refractivity contribution in [1.82, 2.24) is 15.1 Å². The van der Waals surface area contributed by atoms with E-state index in [1.165, 1.54) is 0 Å². The van der Waals surface area contributed by atoms with Crippen LogP contribution in [0.4, 0.5) is 0 Å². The lowest BCUT2D eigenvalue weighted by atomic mass is 10.0. The van der Waals surface area contributed by atoms with Crippen molar-refractivity contribution in [1.29, 1.82) is 0 Å². The molecule has 2 aliphatic heterocycles. The number of benzene rings is 1. The van der Waals surface area contributed by atoms with Crippen molar-refractivity contribution >= 4 is 5.91 Å². The van der Waals surface area contributed by atoms with Crippen molar-refractivity contribution in [2.75, 3.05) is 13.1 Å². The Morgan fingerprint density at radius 1 is 1.25 bits per heavy atom. The average molecular weight is 327 g/mol. The fraction of sp³-hybridized carbons (Fsp3) is 0.500. The number of rotatable bonds is 4. The van der Waals surface area contributed by atoms with Gasteiger partial charge in [-0.15, -0.1) is 10.2 Å². The highest BCUT2D eigenvalue weighted by Crippen LogP contribution is 2.34. The Labute approximate surface area is 140 Å². The number of hydrogen-bond donors (Lipinski definition) is 0. The SMILES string of the molecule is Cc1nnc(C[C@@H]2C[C@@H]3CN(C(=O)Cc4ccccc4)C[C@@H]3O2)o1. The first-order chi connectivity index (χ1) is 11.7. The van der Waals surface area contributed by atoms with Gasteiger partial charge in [0.1, 0.15) is 0 Å². The third-order valence-corrected chi connectivity index (χ3v) is 4.83. The summed E-state index contributed by atoms with van der Waals surface area (Å²) in [5.41, 5.74) is 1.06. The molecular weight excluding hydrogens is 306 g/mol. The van der Waals surface area contributed by atoms with Crippen LogP contribution in [0.2, 0.25) is 0 Å². The zero-order valence-corrected chi connectivity index (χ0v) is 13.7. The van der Waals surface area contributed by atoms with Crippen molar-refractivity contribution in [3.8, 4) is 0 Å². The highest BCUT2D eigenvalue weighted by Gasteiger charge is 2.43. The third-order valence-electron chi connectivity index (χ3n) is 4.83. The number of fused-ring (bicyclic) bond motifs is 1. The van der Waals surface area contributed by atoms with Gasteiger partial charge in [-0.3, -0.25) is 4.79 Å². The topological polar surface area (TPSA) is 68.5 Å². The predicted octanol–water partition coefficient (Wildman–Crippen LogP) is 1.78. The van der Waals surface area contributed by atoms with Crippen LogP contribution < -0.4 is 0 Å². The summed E-state index contributed by atoms with van der Waals surface area (Å²) < 4.78 is 11.5. The van der Waals surface area contributed by atoms with E-state index < -0.39 is 0 Å². The molecule has 0 spiro atoms. The molecule has 3 heterocycles. The summed E-state index contributed by atoms with van der Waals surface area (Å²) in [6.07, 6.45) is 2.32. The van der Waals surface area contributed by atoms with Crippen LogP contribution in [0.25, 0.3) is 0 Å². The molecular formula is C18H21N3O3. The first-order valence-corrected chi connectivity index (χ1v) is 8.43. The minimum atomic E-state index is 0.117. The Kier molecular flexibility index (Phi) is 4.06. The zero-order chi connectivity index (χ0) is 16.5. The summed E-state index contributed by atoms with van der Waals surface area (Å²) in [4.78, 5) is 14.4. The number of amides is 1. The quantitative estimate of drug-likeness (QED) is 0.856. The van der Waals surface area contributed by atoms with Crippen molar-refractivity contribution in [2.45, 2.75) is 38.4 Å². The highest BCUT2D eigenvalue weighted by atomic mass is 16.5. The lowest BCUT2D eigenvalue weighted by Crippen LogP contribution is -2.32. The van der Waals surface area contributed by atoms with Crippen molar-refractivity contribution in [2.24, 2.45) is 5.92 Å². The fourth-order valence-electron chi connectivity index (χ4n) is 3.69. The number of ether oxygens (including phenoxy) is 1. The van der Waals surface area contributed by atoms with E-state index in [-0.39, 0.29) is 18.1 Å². The minimum Gasteiger partial charge on any atom is -0.426 e. The van der Waals surface area contributed by atoms with Crippen LogP contribution in [-0.2, 0) is 22.4 Å². The number of carbonyl (C=O) groups is 1. The molecule has 3 atom stereocenters. The van der Waals surface area contributed by atoms with Gasteiger partial charge in [-0.05, 0) is 12.0 Å². The van der Waals surface area contributed by atoms with Gasteiger partial charge in [0.15, 0.2) is 0 Å². The molecule has 0 radical (unpaired) electrons. The maximum atomic E-state index is 12.5. The van der Waals surface area contributed by atoms with Gasteiger partial charge in [0.25, 0.3) is 0 Å². The van der Waals surface area contributed by atoms with E-state index >= 15 is 0 Å². The normalized spacial score (nSPS) is 25.9. The lowest BCUT2D eigenvalue weighted by Gasteiger charge is -2.19. The summed E-state index contributed by atoms with van der Waals surface area (Å²) >= 11 is 0. The Morgan fingerprint density at radius 2 is 2.08 bits per heavy atom. The molecule has 0 aliphatic carbocycles. The van der Waals surface area contributed by atoms with E-state index in [0.29, 0.717) is 37.1 Å².